The summed E-state index contributed by atoms with van der Waals surface area (Å²) in [6.07, 6.45) is 1.48. The molecule has 0 saturated carbocycles. The first kappa shape index (κ1) is 14.5. The molecule has 0 amide bonds. The number of sulfonamides is 1. The summed E-state index contributed by atoms with van der Waals surface area (Å²) < 4.78 is 26.5. The Morgan fingerprint density at radius 3 is 2.16 bits per heavy atom. The molecule has 4 nitrogen and oxygen atoms in total. The van der Waals surface area contributed by atoms with Gasteiger partial charge in [-0.1, -0.05) is 26.0 Å². The maximum Gasteiger partial charge on any atom is 0.243 e. The highest BCUT2D eigenvalue weighted by Crippen LogP contribution is 2.22. The minimum atomic E-state index is -3.35. The predicted molar refractivity (Wildman–Crippen MR) is 76.5 cm³/mol. The number of piperidine rings is 1. The fraction of sp³-hybridized carbons (Fsp3) is 0.571. The van der Waals surface area contributed by atoms with Crippen molar-refractivity contribution in [2.45, 2.75) is 43.5 Å². The monoisotopic (exact) mass is 282 g/mol. The van der Waals surface area contributed by atoms with E-state index in [1.54, 1.807) is 16.4 Å². The Morgan fingerprint density at radius 2 is 1.68 bits per heavy atom. The molecule has 0 radical (unpaired) electrons. The van der Waals surface area contributed by atoms with Crippen molar-refractivity contribution in [2.24, 2.45) is 5.73 Å². The van der Waals surface area contributed by atoms with Gasteiger partial charge in [-0.3, -0.25) is 0 Å². The Labute approximate surface area is 115 Å². The molecule has 1 aromatic rings. The van der Waals surface area contributed by atoms with Crippen LogP contribution in [0.25, 0.3) is 0 Å². The zero-order valence-electron chi connectivity index (χ0n) is 11.5. The number of hydrogen-bond acceptors (Lipinski definition) is 3. The molecule has 19 heavy (non-hydrogen) atoms. The molecule has 0 unspecified atom stereocenters. The van der Waals surface area contributed by atoms with Crippen molar-refractivity contribution in [2.75, 3.05) is 13.1 Å². The Morgan fingerprint density at radius 1 is 1.16 bits per heavy atom. The fourth-order valence-corrected chi connectivity index (χ4v) is 3.76. The summed E-state index contributed by atoms with van der Waals surface area (Å²) in [6.45, 7) is 5.23. The SMILES string of the molecule is CC(C)c1ccc(S(=O)(=O)N2CCC(N)CC2)cc1. The predicted octanol–water partition coefficient (Wildman–Crippen LogP) is 1.92. The van der Waals surface area contributed by atoms with E-state index in [1.807, 2.05) is 12.1 Å². The third-order valence-corrected chi connectivity index (χ3v) is 5.60. The van der Waals surface area contributed by atoms with Crippen LogP contribution >= 0.6 is 0 Å². The largest absolute Gasteiger partial charge is 0.328 e. The molecule has 1 fully saturated rings. The van der Waals surface area contributed by atoms with Crippen molar-refractivity contribution in [1.82, 2.24) is 4.31 Å². The van der Waals surface area contributed by atoms with Crippen LogP contribution in [-0.2, 0) is 10.0 Å². The van der Waals surface area contributed by atoms with Crippen molar-refractivity contribution in [1.29, 1.82) is 0 Å². The molecule has 0 aliphatic carbocycles. The lowest BCUT2D eigenvalue weighted by molar-refractivity contribution is 0.320. The normalized spacial score (nSPS) is 18.9. The quantitative estimate of drug-likeness (QED) is 0.921. The second-order valence-electron chi connectivity index (χ2n) is 5.47. The smallest absolute Gasteiger partial charge is 0.243 e. The lowest BCUT2D eigenvalue weighted by Crippen LogP contribution is -2.42. The molecule has 1 aliphatic heterocycles. The van der Waals surface area contributed by atoms with Gasteiger partial charge in [0.1, 0.15) is 0 Å². The minimum absolute atomic E-state index is 0.134. The van der Waals surface area contributed by atoms with E-state index in [9.17, 15) is 8.42 Å². The number of nitrogens with zero attached hydrogens (tertiary/aromatic N) is 1. The van der Waals surface area contributed by atoms with Gasteiger partial charge in [-0.2, -0.15) is 4.31 Å². The summed E-state index contributed by atoms with van der Waals surface area (Å²) in [4.78, 5) is 0.382. The van der Waals surface area contributed by atoms with Gasteiger partial charge < -0.3 is 5.73 Å². The molecule has 1 aliphatic rings. The van der Waals surface area contributed by atoms with Gasteiger partial charge in [0.15, 0.2) is 0 Å². The maximum absolute atomic E-state index is 12.5. The van der Waals surface area contributed by atoms with Crippen LogP contribution in [-0.4, -0.2) is 31.9 Å². The van der Waals surface area contributed by atoms with Crippen molar-refractivity contribution in [3.05, 3.63) is 29.8 Å². The van der Waals surface area contributed by atoms with Gasteiger partial charge >= 0.3 is 0 Å². The third kappa shape index (κ3) is 3.16. The van der Waals surface area contributed by atoms with Crippen LogP contribution in [0.4, 0.5) is 0 Å². The minimum Gasteiger partial charge on any atom is -0.328 e. The van der Waals surface area contributed by atoms with Crippen molar-refractivity contribution >= 4 is 10.0 Å². The number of benzene rings is 1. The molecular formula is C14H22N2O2S. The molecule has 0 atom stereocenters. The average Bonchev–Trinajstić information content (AvgIpc) is 2.39. The van der Waals surface area contributed by atoms with Crippen LogP contribution in [0.15, 0.2) is 29.2 Å². The van der Waals surface area contributed by atoms with Crippen LogP contribution in [0.3, 0.4) is 0 Å². The van der Waals surface area contributed by atoms with Crippen molar-refractivity contribution in [3.8, 4) is 0 Å². The average molecular weight is 282 g/mol. The van der Waals surface area contributed by atoms with Crippen molar-refractivity contribution < 1.29 is 8.42 Å². The highest BCUT2D eigenvalue weighted by molar-refractivity contribution is 7.89. The van der Waals surface area contributed by atoms with E-state index in [2.05, 4.69) is 13.8 Å². The Bertz CT molecular complexity index is 515. The molecule has 2 N–H and O–H groups in total. The molecule has 1 aromatic carbocycles. The zero-order valence-corrected chi connectivity index (χ0v) is 12.4. The molecule has 0 bridgehead atoms. The van der Waals surface area contributed by atoms with Crippen LogP contribution in [0.1, 0.15) is 38.2 Å². The molecule has 1 heterocycles. The maximum atomic E-state index is 12.5. The van der Waals surface area contributed by atoms with E-state index in [-0.39, 0.29) is 6.04 Å². The van der Waals surface area contributed by atoms with Gasteiger partial charge in [0, 0.05) is 19.1 Å². The highest BCUT2D eigenvalue weighted by atomic mass is 32.2. The number of hydrogen-bond donors (Lipinski definition) is 1. The Kier molecular flexibility index (Phi) is 4.28. The van der Waals surface area contributed by atoms with Gasteiger partial charge in [0.25, 0.3) is 0 Å². The summed E-state index contributed by atoms with van der Waals surface area (Å²) >= 11 is 0. The topological polar surface area (TPSA) is 63.4 Å². The first-order valence-corrected chi connectivity index (χ1v) is 8.21. The van der Waals surface area contributed by atoms with E-state index in [0.717, 1.165) is 18.4 Å². The second-order valence-corrected chi connectivity index (χ2v) is 7.40. The zero-order chi connectivity index (χ0) is 14.0. The molecule has 2 rings (SSSR count). The van der Waals surface area contributed by atoms with E-state index in [1.165, 1.54) is 0 Å². The van der Waals surface area contributed by atoms with E-state index < -0.39 is 10.0 Å². The summed E-state index contributed by atoms with van der Waals surface area (Å²) in [5, 5.41) is 0. The van der Waals surface area contributed by atoms with Gasteiger partial charge in [-0.15, -0.1) is 0 Å². The fourth-order valence-electron chi connectivity index (χ4n) is 2.29. The first-order chi connectivity index (χ1) is 8.91. The summed E-state index contributed by atoms with van der Waals surface area (Å²) in [5.74, 6) is 0.407. The molecular weight excluding hydrogens is 260 g/mol. The Balaban J connectivity index is 2.19. The van der Waals surface area contributed by atoms with E-state index in [0.29, 0.717) is 23.9 Å². The van der Waals surface area contributed by atoms with Crippen LogP contribution in [0.2, 0.25) is 0 Å². The van der Waals surface area contributed by atoms with Crippen LogP contribution in [0, 0.1) is 0 Å². The Hall–Kier alpha value is -0.910. The molecule has 1 saturated heterocycles. The lowest BCUT2D eigenvalue weighted by Gasteiger charge is -2.29. The van der Waals surface area contributed by atoms with E-state index in [4.69, 9.17) is 5.73 Å². The molecule has 0 aromatic heterocycles. The molecule has 5 heteroatoms. The van der Waals surface area contributed by atoms with Gasteiger partial charge in [0.05, 0.1) is 4.90 Å². The van der Waals surface area contributed by atoms with E-state index >= 15 is 0 Å². The second kappa shape index (κ2) is 5.61. The summed E-state index contributed by atoms with van der Waals surface area (Å²) in [5.41, 5.74) is 6.96. The van der Waals surface area contributed by atoms with Crippen molar-refractivity contribution in [3.63, 3.8) is 0 Å². The van der Waals surface area contributed by atoms with Gasteiger partial charge in [-0.25, -0.2) is 8.42 Å². The molecule has 0 spiro atoms. The summed E-state index contributed by atoms with van der Waals surface area (Å²) in [6, 6.07) is 7.34. The number of nitrogens with two attached hydrogens (primary N) is 1. The van der Waals surface area contributed by atoms with Gasteiger partial charge in [-0.05, 0) is 36.5 Å². The number of rotatable bonds is 3. The van der Waals surface area contributed by atoms with Crippen LogP contribution < -0.4 is 5.73 Å². The third-order valence-electron chi connectivity index (χ3n) is 3.68. The van der Waals surface area contributed by atoms with Gasteiger partial charge in [0.2, 0.25) is 10.0 Å². The standard InChI is InChI=1S/C14H22N2O2S/c1-11(2)12-3-5-14(6-4-12)19(17,18)16-9-7-13(15)8-10-16/h3-6,11,13H,7-10,15H2,1-2H3. The first-order valence-electron chi connectivity index (χ1n) is 6.77. The van der Waals surface area contributed by atoms with Crippen LogP contribution in [0.5, 0.6) is 0 Å². The summed E-state index contributed by atoms with van der Waals surface area (Å²) in [7, 11) is -3.35. The lowest BCUT2D eigenvalue weighted by atomic mass is 10.0. The highest BCUT2D eigenvalue weighted by Gasteiger charge is 2.28. The molecule has 106 valence electrons.